The van der Waals surface area contributed by atoms with E-state index in [0.29, 0.717) is 23.0 Å². The molecule has 1 N–H and O–H groups in total. The molecule has 9 nitrogen and oxygen atoms in total. The van der Waals surface area contributed by atoms with Crippen molar-refractivity contribution in [2.45, 2.75) is 26.7 Å². The Labute approximate surface area is 193 Å². The zero-order valence-electron chi connectivity index (χ0n) is 19.2. The van der Waals surface area contributed by atoms with Gasteiger partial charge in [0.05, 0.1) is 12.0 Å². The zero-order chi connectivity index (χ0) is 24.0. The van der Waals surface area contributed by atoms with E-state index in [1.807, 2.05) is 4.90 Å². The lowest BCUT2D eigenvalue weighted by Gasteiger charge is -2.32. The second-order valence-electron chi connectivity index (χ2n) is 8.25. The molecule has 1 aliphatic rings. The normalized spacial score (nSPS) is 15.6. The Kier molecular flexibility index (Phi) is 7.87. The van der Waals surface area contributed by atoms with Gasteiger partial charge in [0.2, 0.25) is 5.91 Å². The van der Waals surface area contributed by atoms with Crippen LogP contribution < -0.4 is 15.0 Å². The summed E-state index contributed by atoms with van der Waals surface area (Å²) in [6.45, 7) is 5.50. The number of ether oxygens (including phenoxy) is 1. The Morgan fingerprint density at radius 3 is 2.73 bits per heavy atom. The molecule has 9 heteroatoms. The maximum atomic E-state index is 13.1. The minimum absolute atomic E-state index is 0.0909. The van der Waals surface area contributed by atoms with E-state index in [-0.39, 0.29) is 30.2 Å². The Hall–Kier alpha value is -3.62. The molecule has 33 heavy (non-hydrogen) atoms. The highest BCUT2D eigenvalue weighted by Gasteiger charge is 2.26. The third-order valence-electron chi connectivity index (χ3n) is 5.77. The summed E-state index contributed by atoms with van der Waals surface area (Å²) in [6, 6.07) is 11.5. The molecule has 2 aromatic carbocycles. The van der Waals surface area contributed by atoms with E-state index in [1.54, 1.807) is 43.3 Å². The zero-order valence-corrected chi connectivity index (χ0v) is 19.2. The van der Waals surface area contributed by atoms with E-state index in [1.165, 1.54) is 18.1 Å². The molecular weight excluding hydrogens is 424 g/mol. The second-order valence-corrected chi connectivity index (χ2v) is 8.25. The Bertz CT molecular complexity index is 1030. The lowest BCUT2D eigenvalue weighted by atomic mass is 9.99. The van der Waals surface area contributed by atoms with Crippen molar-refractivity contribution in [1.29, 1.82) is 0 Å². The molecule has 1 heterocycles. The van der Waals surface area contributed by atoms with Gasteiger partial charge in [0, 0.05) is 43.0 Å². The van der Waals surface area contributed by atoms with Crippen LogP contribution in [0.15, 0.2) is 42.5 Å². The summed E-state index contributed by atoms with van der Waals surface area (Å²) in [4.78, 5) is 40.3. The lowest BCUT2D eigenvalue weighted by molar-refractivity contribution is -0.384. The summed E-state index contributed by atoms with van der Waals surface area (Å²) in [7, 11) is 1.54. The molecule has 0 spiro atoms. The third-order valence-corrected chi connectivity index (χ3v) is 5.77. The van der Waals surface area contributed by atoms with Gasteiger partial charge < -0.3 is 19.9 Å². The van der Waals surface area contributed by atoms with E-state index < -0.39 is 10.8 Å². The summed E-state index contributed by atoms with van der Waals surface area (Å²) in [5.74, 6) is 0.261. The number of nitro groups is 1. The maximum absolute atomic E-state index is 13.1. The lowest BCUT2D eigenvalue weighted by Crippen LogP contribution is -2.38. The topological polar surface area (TPSA) is 105 Å². The highest BCUT2D eigenvalue weighted by atomic mass is 16.6. The van der Waals surface area contributed by atoms with Crippen LogP contribution in [-0.2, 0) is 4.79 Å². The molecule has 0 saturated carbocycles. The molecule has 1 fully saturated rings. The van der Waals surface area contributed by atoms with Gasteiger partial charge in [0.25, 0.3) is 11.6 Å². The van der Waals surface area contributed by atoms with Gasteiger partial charge in [0.1, 0.15) is 18.0 Å². The first-order valence-corrected chi connectivity index (χ1v) is 11.1. The van der Waals surface area contributed by atoms with E-state index in [0.717, 1.165) is 25.9 Å². The number of methoxy groups -OCH3 is 1. The quantitative estimate of drug-likeness (QED) is 0.478. The van der Waals surface area contributed by atoms with Crippen LogP contribution in [0, 0.1) is 16.0 Å². The van der Waals surface area contributed by atoms with Crippen LogP contribution in [0.25, 0.3) is 0 Å². The third kappa shape index (κ3) is 6.00. The van der Waals surface area contributed by atoms with Crippen LogP contribution in [0.5, 0.6) is 5.75 Å². The number of carbonyl (C=O) groups excluding carboxylic acids is 2. The number of hydrogen-bond donors (Lipinski definition) is 1. The first-order chi connectivity index (χ1) is 15.8. The number of benzene rings is 2. The number of anilines is 2. The van der Waals surface area contributed by atoms with E-state index in [2.05, 4.69) is 12.2 Å². The van der Waals surface area contributed by atoms with Crippen molar-refractivity contribution >= 4 is 28.9 Å². The first kappa shape index (κ1) is 24.0. The number of rotatable bonds is 8. The SMILES string of the molecule is CCN(CC(=O)Nc1cccc(OC)c1)C(=O)c1ccc(N2CCCC(C)C2)c([N+](=O)[O-])c1. The molecule has 0 radical (unpaired) electrons. The van der Waals surface area contributed by atoms with Crippen molar-refractivity contribution in [1.82, 2.24) is 4.90 Å². The van der Waals surface area contributed by atoms with Crippen molar-refractivity contribution in [3.05, 3.63) is 58.1 Å². The van der Waals surface area contributed by atoms with E-state index >= 15 is 0 Å². The summed E-state index contributed by atoms with van der Waals surface area (Å²) < 4.78 is 5.15. The van der Waals surface area contributed by atoms with Crippen LogP contribution in [-0.4, -0.2) is 54.9 Å². The van der Waals surface area contributed by atoms with Crippen LogP contribution in [0.1, 0.15) is 37.0 Å². The maximum Gasteiger partial charge on any atom is 0.293 e. The van der Waals surface area contributed by atoms with Crippen LogP contribution in [0.3, 0.4) is 0 Å². The average Bonchev–Trinajstić information content (AvgIpc) is 2.81. The van der Waals surface area contributed by atoms with Crippen molar-refractivity contribution in [2.24, 2.45) is 5.92 Å². The predicted molar refractivity (Wildman–Crippen MR) is 127 cm³/mol. The minimum atomic E-state index is -0.447. The smallest absolute Gasteiger partial charge is 0.293 e. The fourth-order valence-corrected chi connectivity index (χ4v) is 4.06. The van der Waals surface area contributed by atoms with Gasteiger partial charge in [-0.25, -0.2) is 0 Å². The fraction of sp³-hybridized carbons (Fsp3) is 0.417. The van der Waals surface area contributed by atoms with Gasteiger partial charge in [-0.3, -0.25) is 19.7 Å². The second kappa shape index (κ2) is 10.8. The van der Waals surface area contributed by atoms with Crippen molar-refractivity contribution in [3.63, 3.8) is 0 Å². The molecule has 0 bridgehead atoms. The molecule has 1 atom stereocenters. The molecule has 1 saturated heterocycles. The van der Waals surface area contributed by atoms with Crippen LogP contribution in [0.4, 0.5) is 17.1 Å². The number of nitro benzene ring substituents is 1. The number of nitrogens with one attached hydrogen (secondary N) is 1. The molecule has 176 valence electrons. The fourth-order valence-electron chi connectivity index (χ4n) is 4.06. The van der Waals surface area contributed by atoms with Gasteiger partial charge in [-0.2, -0.15) is 0 Å². The van der Waals surface area contributed by atoms with Gasteiger partial charge in [-0.1, -0.05) is 13.0 Å². The number of carbonyl (C=O) groups is 2. The van der Waals surface area contributed by atoms with Gasteiger partial charge in [-0.15, -0.1) is 0 Å². The summed E-state index contributed by atoms with van der Waals surface area (Å²) in [5, 5.41) is 14.5. The minimum Gasteiger partial charge on any atom is -0.497 e. The number of piperidine rings is 1. The van der Waals surface area contributed by atoms with Crippen LogP contribution in [0.2, 0.25) is 0 Å². The molecule has 2 aromatic rings. The van der Waals surface area contributed by atoms with Gasteiger partial charge in [-0.05, 0) is 49.9 Å². The van der Waals surface area contributed by atoms with Crippen LogP contribution >= 0.6 is 0 Å². The number of nitrogens with zero attached hydrogens (tertiary/aromatic N) is 3. The Morgan fingerprint density at radius 1 is 1.27 bits per heavy atom. The summed E-state index contributed by atoms with van der Waals surface area (Å²) in [5.41, 5.74) is 1.18. The standard InChI is InChI=1S/C24H30N4O5/c1-4-26(16-23(29)25-19-8-5-9-20(14-19)33-3)24(30)18-10-11-21(22(13-18)28(31)32)27-12-6-7-17(2)15-27/h5,8-11,13-14,17H,4,6-7,12,15-16H2,1-3H3,(H,25,29). The Balaban J connectivity index is 1.75. The highest BCUT2D eigenvalue weighted by Crippen LogP contribution is 2.32. The Morgan fingerprint density at radius 2 is 2.06 bits per heavy atom. The van der Waals surface area contributed by atoms with Crippen molar-refractivity contribution in [3.8, 4) is 5.75 Å². The van der Waals surface area contributed by atoms with Gasteiger partial charge >= 0.3 is 0 Å². The van der Waals surface area contributed by atoms with E-state index in [4.69, 9.17) is 4.74 Å². The molecule has 0 aliphatic carbocycles. The summed E-state index contributed by atoms with van der Waals surface area (Å²) >= 11 is 0. The number of hydrogen-bond acceptors (Lipinski definition) is 6. The molecule has 3 rings (SSSR count). The summed E-state index contributed by atoms with van der Waals surface area (Å²) in [6.07, 6.45) is 2.08. The molecule has 1 unspecified atom stereocenters. The van der Waals surface area contributed by atoms with Crippen molar-refractivity contribution < 1.29 is 19.2 Å². The largest absolute Gasteiger partial charge is 0.497 e. The first-order valence-electron chi connectivity index (χ1n) is 11.1. The van der Waals surface area contributed by atoms with Gasteiger partial charge in [0.15, 0.2) is 0 Å². The number of amides is 2. The molecule has 0 aromatic heterocycles. The highest BCUT2D eigenvalue weighted by molar-refractivity contribution is 6.00. The molecule has 2 amide bonds. The van der Waals surface area contributed by atoms with Crippen molar-refractivity contribution in [2.75, 3.05) is 43.5 Å². The molecular formula is C24H30N4O5. The number of likely N-dealkylation sites (N-methyl/N-ethyl adjacent to an activating group) is 1. The molecule has 1 aliphatic heterocycles. The van der Waals surface area contributed by atoms with E-state index in [9.17, 15) is 19.7 Å². The monoisotopic (exact) mass is 454 g/mol. The predicted octanol–water partition coefficient (Wildman–Crippen LogP) is 3.94. The average molecular weight is 455 g/mol.